The average molecular weight is 414 g/mol. The predicted octanol–water partition coefficient (Wildman–Crippen LogP) is 2.78. The first-order valence-corrected chi connectivity index (χ1v) is 8.49. The van der Waals surface area contributed by atoms with Gasteiger partial charge in [-0.15, -0.1) is 0 Å². The van der Waals surface area contributed by atoms with Gasteiger partial charge < -0.3 is 15.8 Å². The first kappa shape index (κ1) is 19.2. The number of nitrogens with zero attached hydrogens (tertiary/aromatic N) is 3. The number of fused-ring (bicyclic) bond motifs is 1. The lowest BCUT2D eigenvalue weighted by molar-refractivity contribution is -0.137. The van der Waals surface area contributed by atoms with Gasteiger partial charge in [0.1, 0.15) is 22.8 Å². The van der Waals surface area contributed by atoms with Crippen molar-refractivity contribution in [3.8, 4) is 22.8 Å². The van der Waals surface area contributed by atoms with Crippen molar-refractivity contribution in [2.24, 2.45) is 5.73 Å². The van der Waals surface area contributed by atoms with Gasteiger partial charge in [0.05, 0.1) is 11.3 Å². The summed E-state index contributed by atoms with van der Waals surface area (Å²) >= 11 is 0. The fourth-order valence-corrected chi connectivity index (χ4v) is 2.99. The quantitative estimate of drug-likeness (QED) is 0.302. The van der Waals surface area contributed by atoms with Crippen LogP contribution in [0.1, 0.15) is 11.3 Å². The average Bonchev–Trinajstić information content (AvgIpc) is 3.02. The molecule has 0 amide bonds. The third-order valence-corrected chi connectivity index (χ3v) is 4.35. The van der Waals surface area contributed by atoms with Gasteiger partial charge in [0, 0.05) is 5.56 Å². The number of rotatable bonds is 3. The highest BCUT2D eigenvalue weighted by Gasteiger charge is 2.30. The van der Waals surface area contributed by atoms with Crippen LogP contribution in [-0.2, 0) is 6.18 Å². The minimum atomic E-state index is -4.52. The Balaban J connectivity index is 1.98. The number of aromatic hydroxyl groups is 1. The molecular weight excluding hydrogens is 401 g/mol. The molecule has 0 atom stereocenters. The molecule has 0 spiro atoms. The number of benzene rings is 2. The number of aromatic amines is 1. The van der Waals surface area contributed by atoms with Crippen LogP contribution in [-0.4, -0.2) is 30.5 Å². The second-order valence-electron chi connectivity index (χ2n) is 6.37. The van der Waals surface area contributed by atoms with Crippen molar-refractivity contribution in [1.82, 2.24) is 19.5 Å². The number of H-pyrrole nitrogens is 1. The number of halogens is 3. The van der Waals surface area contributed by atoms with Gasteiger partial charge in [-0.05, 0) is 36.4 Å². The van der Waals surface area contributed by atoms with Crippen LogP contribution >= 0.6 is 0 Å². The summed E-state index contributed by atoms with van der Waals surface area (Å²) in [5.41, 5.74) is 4.63. The lowest BCUT2D eigenvalue weighted by Gasteiger charge is -2.09. The molecular formula is C19H13F3N6O2. The first-order valence-electron chi connectivity index (χ1n) is 8.49. The summed E-state index contributed by atoms with van der Waals surface area (Å²) in [5.74, 6) is -0.414. The molecule has 0 saturated heterocycles. The number of nitrogen functional groups attached to an aromatic ring is 1. The maximum Gasteiger partial charge on any atom is 0.416 e. The second kappa shape index (κ2) is 6.72. The third kappa shape index (κ3) is 3.26. The van der Waals surface area contributed by atoms with E-state index in [0.29, 0.717) is 5.56 Å². The maximum atomic E-state index is 12.9. The highest BCUT2D eigenvalue weighted by Crippen LogP contribution is 2.30. The molecule has 0 radical (unpaired) electrons. The van der Waals surface area contributed by atoms with Crippen LogP contribution in [0.4, 0.5) is 13.2 Å². The summed E-state index contributed by atoms with van der Waals surface area (Å²) in [5, 5.41) is 17.5. The molecule has 0 unspecified atom stereocenters. The second-order valence-corrected chi connectivity index (χ2v) is 6.37. The lowest BCUT2D eigenvalue weighted by Crippen LogP contribution is -2.15. The van der Waals surface area contributed by atoms with Crippen molar-refractivity contribution in [3.63, 3.8) is 0 Å². The smallest absolute Gasteiger partial charge is 0.416 e. The Morgan fingerprint density at radius 3 is 2.43 bits per heavy atom. The molecule has 0 aliphatic heterocycles. The van der Waals surface area contributed by atoms with Crippen molar-refractivity contribution in [2.45, 2.75) is 6.18 Å². The molecule has 152 valence electrons. The molecule has 30 heavy (non-hydrogen) atoms. The van der Waals surface area contributed by atoms with E-state index in [1.54, 1.807) is 12.1 Å². The van der Waals surface area contributed by atoms with Gasteiger partial charge >= 0.3 is 11.9 Å². The van der Waals surface area contributed by atoms with E-state index >= 15 is 0 Å². The summed E-state index contributed by atoms with van der Waals surface area (Å²) in [4.78, 5) is 23.6. The largest absolute Gasteiger partial charge is 0.508 e. The molecule has 2 heterocycles. The first-order chi connectivity index (χ1) is 14.1. The van der Waals surface area contributed by atoms with Crippen molar-refractivity contribution >= 4 is 17.0 Å². The molecule has 0 bridgehead atoms. The lowest BCUT2D eigenvalue weighted by atomic mass is 10.2. The number of nitrogens with two attached hydrogens (primary N) is 1. The van der Waals surface area contributed by atoms with E-state index in [1.807, 2.05) is 0 Å². The van der Waals surface area contributed by atoms with E-state index in [-0.39, 0.29) is 34.1 Å². The van der Waals surface area contributed by atoms with E-state index in [1.165, 1.54) is 12.1 Å². The summed E-state index contributed by atoms with van der Waals surface area (Å²) in [6, 6.07) is 9.99. The number of alkyl halides is 3. The van der Waals surface area contributed by atoms with Gasteiger partial charge in [0.2, 0.25) is 0 Å². The number of phenolic OH excluding ortho intramolecular Hbond substituents is 1. The van der Waals surface area contributed by atoms with E-state index < -0.39 is 23.3 Å². The highest BCUT2D eigenvalue weighted by atomic mass is 19.4. The molecule has 0 fully saturated rings. The van der Waals surface area contributed by atoms with Crippen molar-refractivity contribution in [2.75, 3.05) is 0 Å². The van der Waals surface area contributed by atoms with Crippen LogP contribution < -0.4 is 11.4 Å². The summed E-state index contributed by atoms with van der Waals surface area (Å²) in [6.45, 7) is 0. The van der Waals surface area contributed by atoms with Crippen LogP contribution in [0.15, 0.2) is 53.3 Å². The van der Waals surface area contributed by atoms with Gasteiger partial charge in [-0.2, -0.15) is 13.2 Å². The number of hydrogen-bond donors (Lipinski definition) is 4. The van der Waals surface area contributed by atoms with Crippen LogP contribution in [0.25, 0.3) is 28.2 Å². The number of imidazole rings is 1. The summed E-state index contributed by atoms with van der Waals surface area (Å²) < 4.78 is 39.6. The zero-order chi connectivity index (χ0) is 21.6. The van der Waals surface area contributed by atoms with Gasteiger partial charge in [-0.1, -0.05) is 12.1 Å². The van der Waals surface area contributed by atoms with Crippen LogP contribution in [0.2, 0.25) is 0 Å². The third-order valence-electron chi connectivity index (χ3n) is 4.35. The topological polar surface area (TPSA) is 134 Å². The molecule has 0 aliphatic rings. The Hall–Kier alpha value is -4.15. The zero-order valence-corrected chi connectivity index (χ0v) is 15.0. The van der Waals surface area contributed by atoms with Crippen LogP contribution in [0, 0.1) is 5.41 Å². The minimum Gasteiger partial charge on any atom is -0.508 e. The van der Waals surface area contributed by atoms with Crippen molar-refractivity contribution in [1.29, 1.82) is 5.41 Å². The van der Waals surface area contributed by atoms with E-state index in [2.05, 4.69) is 15.0 Å². The molecule has 2 aromatic carbocycles. The van der Waals surface area contributed by atoms with Gasteiger partial charge in [-0.3, -0.25) is 5.41 Å². The molecule has 2 aromatic heterocycles. The number of nitrogens with one attached hydrogen (secondary N) is 2. The van der Waals surface area contributed by atoms with E-state index in [4.69, 9.17) is 11.1 Å². The molecule has 8 nitrogen and oxygen atoms in total. The van der Waals surface area contributed by atoms with Crippen LogP contribution in [0.5, 0.6) is 5.75 Å². The fraction of sp³-hybridized carbons (Fsp3) is 0.0526. The molecule has 4 aromatic rings. The normalized spacial score (nSPS) is 11.7. The SMILES string of the molecule is N=C(N)c1nc(-c2cccc(O)c2)nc2c1[nH]c(=O)n2-c1ccc(C(F)(F)F)cc1. The molecule has 0 aliphatic carbocycles. The van der Waals surface area contributed by atoms with E-state index in [0.717, 1.165) is 28.8 Å². The van der Waals surface area contributed by atoms with Crippen molar-refractivity contribution < 1.29 is 18.3 Å². The van der Waals surface area contributed by atoms with Gasteiger partial charge in [0.15, 0.2) is 11.5 Å². The van der Waals surface area contributed by atoms with Gasteiger partial charge in [0.25, 0.3) is 0 Å². The Bertz CT molecular complexity index is 1340. The number of phenols is 1. The van der Waals surface area contributed by atoms with Crippen LogP contribution in [0.3, 0.4) is 0 Å². The Morgan fingerprint density at radius 1 is 1.13 bits per heavy atom. The molecule has 5 N–H and O–H groups in total. The zero-order valence-electron chi connectivity index (χ0n) is 15.0. The Kier molecular flexibility index (Phi) is 4.30. The predicted molar refractivity (Wildman–Crippen MR) is 103 cm³/mol. The summed E-state index contributed by atoms with van der Waals surface area (Å²) in [7, 11) is 0. The molecule has 0 saturated carbocycles. The van der Waals surface area contributed by atoms with Gasteiger partial charge in [-0.25, -0.2) is 19.3 Å². The maximum absolute atomic E-state index is 12.9. The Morgan fingerprint density at radius 2 is 1.83 bits per heavy atom. The fourth-order valence-electron chi connectivity index (χ4n) is 2.99. The van der Waals surface area contributed by atoms with E-state index in [9.17, 15) is 23.1 Å². The standard InChI is InChI=1S/C19H13F3N6O2/c20-19(21,22)10-4-6-11(7-5-10)28-17-14(26-18(28)30)13(15(23)24)25-16(27-17)9-2-1-3-12(29)8-9/h1-8,29H,(H3,23,24)(H,26,30). The number of hydrogen-bond acceptors (Lipinski definition) is 5. The highest BCUT2D eigenvalue weighted by molar-refractivity contribution is 6.03. The minimum absolute atomic E-state index is 0.0262. The summed E-state index contributed by atoms with van der Waals surface area (Å²) in [6.07, 6.45) is -4.52. The monoisotopic (exact) mass is 414 g/mol. The van der Waals surface area contributed by atoms with Crippen molar-refractivity contribution in [3.05, 3.63) is 70.3 Å². The Labute approximate surface area is 166 Å². The molecule has 11 heteroatoms. The molecule has 4 rings (SSSR count). The number of aromatic nitrogens is 4. The number of amidine groups is 1.